The zero-order chi connectivity index (χ0) is 8.77. The van der Waals surface area contributed by atoms with E-state index >= 15 is 0 Å². The predicted octanol–water partition coefficient (Wildman–Crippen LogP) is 3.03. The second-order valence-corrected chi connectivity index (χ2v) is 9.90. The molecule has 0 heterocycles. The average Bonchev–Trinajstić information content (AvgIpc) is 2.42. The van der Waals surface area contributed by atoms with Crippen molar-refractivity contribution >= 4 is 8.32 Å². The second-order valence-electron chi connectivity index (χ2n) is 5.44. The summed E-state index contributed by atoms with van der Waals surface area (Å²) in [7, 11) is -1.26. The van der Waals surface area contributed by atoms with Gasteiger partial charge in [-0.1, -0.05) is 0 Å². The van der Waals surface area contributed by atoms with Crippen molar-refractivity contribution in [3.8, 4) is 0 Å². The smallest absolute Gasteiger partial charge is 0.184 e. The Morgan fingerprint density at radius 2 is 1.83 bits per heavy atom. The molecule has 2 saturated carbocycles. The molecule has 2 bridgehead atoms. The minimum Gasteiger partial charge on any atom is -0.414 e. The third kappa shape index (κ3) is 1.74. The van der Waals surface area contributed by atoms with Crippen molar-refractivity contribution in [1.82, 2.24) is 0 Å². The monoisotopic (exact) mass is 184 g/mol. The van der Waals surface area contributed by atoms with E-state index in [1.54, 1.807) is 0 Å². The summed E-state index contributed by atoms with van der Waals surface area (Å²) < 4.78 is 6.17. The van der Waals surface area contributed by atoms with Gasteiger partial charge < -0.3 is 4.43 Å². The van der Waals surface area contributed by atoms with Crippen LogP contribution in [0, 0.1) is 11.8 Å². The van der Waals surface area contributed by atoms with Gasteiger partial charge in [0, 0.05) is 6.10 Å². The normalized spacial score (nSPS) is 40.8. The standard InChI is InChI=1S/C10H20OSi/c1-12(2,3)11-10-7-8-4-5-9(10)6-8/h8-10H,4-7H2,1-3H3. The molecule has 3 atom stereocenters. The summed E-state index contributed by atoms with van der Waals surface area (Å²) in [6.07, 6.45) is 6.41. The fraction of sp³-hybridized carbons (Fsp3) is 1.00. The van der Waals surface area contributed by atoms with E-state index in [2.05, 4.69) is 19.6 Å². The summed E-state index contributed by atoms with van der Waals surface area (Å²) in [5.41, 5.74) is 0. The highest BCUT2D eigenvalue weighted by Crippen LogP contribution is 2.46. The predicted molar refractivity (Wildman–Crippen MR) is 53.7 cm³/mol. The van der Waals surface area contributed by atoms with Gasteiger partial charge in [-0.15, -0.1) is 0 Å². The molecule has 1 nitrogen and oxygen atoms in total. The Morgan fingerprint density at radius 1 is 1.08 bits per heavy atom. The highest BCUT2D eigenvalue weighted by molar-refractivity contribution is 6.69. The van der Waals surface area contributed by atoms with Crippen LogP contribution in [-0.4, -0.2) is 14.4 Å². The molecule has 0 saturated heterocycles. The van der Waals surface area contributed by atoms with Gasteiger partial charge in [0.2, 0.25) is 0 Å². The van der Waals surface area contributed by atoms with E-state index in [1.165, 1.54) is 25.7 Å². The molecule has 0 amide bonds. The van der Waals surface area contributed by atoms with Gasteiger partial charge in [-0.25, -0.2) is 0 Å². The molecule has 3 unspecified atom stereocenters. The van der Waals surface area contributed by atoms with Crippen molar-refractivity contribution < 1.29 is 4.43 Å². The van der Waals surface area contributed by atoms with Gasteiger partial charge in [0.1, 0.15) is 0 Å². The lowest BCUT2D eigenvalue weighted by molar-refractivity contribution is 0.131. The maximum absolute atomic E-state index is 6.17. The Morgan fingerprint density at radius 3 is 2.25 bits per heavy atom. The van der Waals surface area contributed by atoms with E-state index in [-0.39, 0.29) is 0 Å². The molecule has 2 aliphatic carbocycles. The van der Waals surface area contributed by atoms with Crippen molar-refractivity contribution in [3.63, 3.8) is 0 Å². The first-order chi connectivity index (χ1) is 5.54. The molecule has 2 rings (SSSR count). The van der Waals surface area contributed by atoms with Gasteiger partial charge in [-0.3, -0.25) is 0 Å². The molecule has 0 N–H and O–H groups in total. The van der Waals surface area contributed by atoms with Gasteiger partial charge in [0.05, 0.1) is 0 Å². The lowest BCUT2D eigenvalue weighted by Gasteiger charge is -2.29. The minimum absolute atomic E-state index is 0.649. The van der Waals surface area contributed by atoms with Crippen LogP contribution < -0.4 is 0 Å². The Bertz CT molecular complexity index is 173. The highest BCUT2D eigenvalue weighted by atomic mass is 28.4. The van der Waals surface area contributed by atoms with E-state index in [0.29, 0.717) is 6.10 Å². The Labute approximate surface area is 76.6 Å². The van der Waals surface area contributed by atoms with Crippen LogP contribution in [0.15, 0.2) is 0 Å². The van der Waals surface area contributed by atoms with E-state index in [1.807, 2.05) is 0 Å². The number of rotatable bonds is 2. The van der Waals surface area contributed by atoms with E-state index in [4.69, 9.17) is 4.43 Å². The first-order valence-corrected chi connectivity index (χ1v) is 8.63. The number of fused-ring (bicyclic) bond motifs is 2. The molecule has 0 aromatic carbocycles. The van der Waals surface area contributed by atoms with E-state index in [0.717, 1.165) is 11.8 Å². The zero-order valence-corrected chi connectivity index (χ0v) is 9.47. The zero-order valence-electron chi connectivity index (χ0n) is 8.47. The molecular weight excluding hydrogens is 164 g/mol. The third-order valence-corrected chi connectivity index (χ3v) is 4.19. The van der Waals surface area contributed by atoms with Crippen LogP contribution >= 0.6 is 0 Å². The molecule has 70 valence electrons. The molecular formula is C10H20OSi. The summed E-state index contributed by atoms with van der Waals surface area (Å²) in [6, 6.07) is 0. The van der Waals surface area contributed by atoms with Crippen molar-refractivity contribution in [3.05, 3.63) is 0 Å². The van der Waals surface area contributed by atoms with Gasteiger partial charge in [-0.2, -0.15) is 0 Å². The van der Waals surface area contributed by atoms with Gasteiger partial charge in [-0.05, 0) is 57.2 Å². The first kappa shape index (κ1) is 8.76. The van der Waals surface area contributed by atoms with Crippen molar-refractivity contribution in [2.24, 2.45) is 11.8 Å². The molecule has 12 heavy (non-hydrogen) atoms. The van der Waals surface area contributed by atoms with Gasteiger partial charge in [0.25, 0.3) is 0 Å². The molecule has 0 aromatic heterocycles. The Hall–Kier alpha value is 0.177. The average molecular weight is 184 g/mol. The van der Waals surface area contributed by atoms with Crippen LogP contribution in [0.4, 0.5) is 0 Å². The summed E-state index contributed by atoms with van der Waals surface area (Å²) >= 11 is 0. The van der Waals surface area contributed by atoms with Crippen LogP contribution in [0.3, 0.4) is 0 Å². The molecule has 0 aromatic rings. The minimum atomic E-state index is -1.26. The lowest BCUT2D eigenvalue weighted by atomic mass is 9.98. The maximum atomic E-state index is 6.17. The highest BCUT2D eigenvalue weighted by Gasteiger charge is 2.41. The fourth-order valence-corrected chi connectivity index (χ4v) is 3.98. The van der Waals surface area contributed by atoms with Gasteiger partial charge >= 0.3 is 0 Å². The first-order valence-electron chi connectivity index (χ1n) is 5.22. The topological polar surface area (TPSA) is 9.23 Å². The van der Waals surface area contributed by atoms with E-state index in [9.17, 15) is 0 Å². The van der Waals surface area contributed by atoms with Crippen LogP contribution in [0.2, 0.25) is 19.6 Å². The summed E-state index contributed by atoms with van der Waals surface area (Å²) in [5.74, 6) is 1.96. The molecule has 0 aliphatic heterocycles. The third-order valence-electron chi connectivity index (χ3n) is 3.18. The molecule has 0 radical (unpaired) electrons. The van der Waals surface area contributed by atoms with Crippen LogP contribution in [0.1, 0.15) is 25.7 Å². The van der Waals surface area contributed by atoms with Crippen molar-refractivity contribution in [2.45, 2.75) is 51.4 Å². The molecule has 2 fully saturated rings. The largest absolute Gasteiger partial charge is 0.414 e. The number of hydrogen-bond donors (Lipinski definition) is 0. The van der Waals surface area contributed by atoms with Crippen molar-refractivity contribution in [1.29, 1.82) is 0 Å². The SMILES string of the molecule is C[Si](C)(C)OC1CC2CCC1C2. The lowest BCUT2D eigenvalue weighted by Crippen LogP contribution is -2.34. The number of hydrogen-bond acceptors (Lipinski definition) is 1. The molecule has 2 heteroatoms. The second kappa shape index (κ2) is 2.84. The molecule has 0 spiro atoms. The van der Waals surface area contributed by atoms with E-state index < -0.39 is 8.32 Å². The van der Waals surface area contributed by atoms with Crippen LogP contribution in [0.5, 0.6) is 0 Å². The quantitative estimate of drug-likeness (QED) is 0.599. The van der Waals surface area contributed by atoms with Crippen LogP contribution in [-0.2, 0) is 4.43 Å². The maximum Gasteiger partial charge on any atom is 0.184 e. The summed E-state index contributed by atoms with van der Waals surface area (Å²) in [5, 5.41) is 0. The Balaban J connectivity index is 1.91. The Kier molecular flexibility index (Phi) is 2.08. The summed E-state index contributed by atoms with van der Waals surface area (Å²) in [4.78, 5) is 0. The van der Waals surface area contributed by atoms with Gasteiger partial charge in [0.15, 0.2) is 8.32 Å². The van der Waals surface area contributed by atoms with Crippen molar-refractivity contribution in [2.75, 3.05) is 0 Å². The molecule has 2 aliphatic rings. The fourth-order valence-electron chi connectivity index (χ4n) is 2.78. The van der Waals surface area contributed by atoms with Crippen LogP contribution in [0.25, 0.3) is 0 Å². The summed E-state index contributed by atoms with van der Waals surface area (Å²) in [6.45, 7) is 6.91.